The zero-order valence-electron chi connectivity index (χ0n) is 12.2. The van der Waals surface area contributed by atoms with E-state index in [0.29, 0.717) is 6.54 Å². The lowest BCUT2D eigenvalue weighted by molar-refractivity contribution is 0.269. The fourth-order valence-electron chi connectivity index (χ4n) is 2.78. The number of anilines is 2. The molecule has 1 aromatic carbocycles. The van der Waals surface area contributed by atoms with E-state index in [0.717, 1.165) is 25.2 Å². The number of hydrogen-bond donors (Lipinski definition) is 2. The minimum Gasteiger partial charge on any atom is -0.394 e. The van der Waals surface area contributed by atoms with E-state index in [1.54, 1.807) is 4.68 Å². The molecule has 1 saturated heterocycles. The van der Waals surface area contributed by atoms with Gasteiger partial charge >= 0.3 is 0 Å². The van der Waals surface area contributed by atoms with Gasteiger partial charge in [-0.05, 0) is 25.0 Å². The Kier molecular flexibility index (Phi) is 4.40. The molecule has 3 rings (SSSR count). The number of rotatable bonds is 6. The monoisotopic (exact) mass is 286 g/mol. The molecule has 0 saturated carbocycles. The van der Waals surface area contributed by atoms with E-state index in [2.05, 4.69) is 39.6 Å². The van der Waals surface area contributed by atoms with Gasteiger partial charge in [-0.1, -0.05) is 12.1 Å². The summed E-state index contributed by atoms with van der Waals surface area (Å²) in [6, 6.07) is 8.48. The number of aromatic nitrogens is 2. The Labute approximate surface area is 125 Å². The molecule has 5 nitrogen and oxygen atoms in total. The number of nitrogens with one attached hydrogen (secondary N) is 1. The predicted octanol–water partition coefficient (Wildman–Crippen LogP) is 2.09. The van der Waals surface area contributed by atoms with Crippen molar-refractivity contribution in [3.05, 3.63) is 42.2 Å². The highest BCUT2D eigenvalue weighted by atomic mass is 16.3. The van der Waals surface area contributed by atoms with Gasteiger partial charge in [0.1, 0.15) is 0 Å². The first-order valence-corrected chi connectivity index (χ1v) is 7.57. The van der Waals surface area contributed by atoms with Gasteiger partial charge in [0.15, 0.2) is 0 Å². The molecule has 0 radical (unpaired) electrons. The van der Waals surface area contributed by atoms with Gasteiger partial charge in [0.2, 0.25) is 0 Å². The third-order valence-electron chi connectivity index (χ3n) is 3.85. The molecule has 0 unspecified atom stereocenters. The van der Waals surface area contributed by atoms with E-state index in [1.165, 1.54) is 24.2 Å². The molecule has 1 aromatic heterocycles. The average Bonchev–Trinajstić information content (AvgIpc) is 3.17. The van der Waals surface area contributed by atoms with Crippen LogP contribution in [0.2, 0.25) is 0 Å². The molecule has 0 spiro atoms. The van der Waals surface area contributed by atoms with Crippen molar-refractivity contribution in [3.63, 3.8) is 0 Å². The number of nitrogens with zero attached hydrogens (tertiary/aromatic N) is 3. The van der Waals surface area contributed by atoms with Crippen molar-refractivity contribution < 1.29 is 5.11 Å². The van der Waals surface area contributed by atoms with Crippen LogP contribution in [0.15, 0.2) is 36.7 Å². The molecule has 1 fully saturated rings. The number of aliphatic hydroxyl groups is 1. The van der Waals surface area contributed by atoms with Gasteiger partial charge in [-0.3, -0.25) is 4.68 Å². The maximum absolute atomic E-state index is 8.91. The van der Waals surface area contributed by atoms with Crippen LogP contribution >= 0.6 is 0 Å². The summed E-state index contributed by atoms with van der Waals surface area (Å²) in [5, 5.41) is 16.6. The van der Waals surface area contributed by atoms with Crippen molar-refractivity contribution in [3.8, 4) is 0 Å². The van der Waals surface area contributed by atoms with Crippen LogP contribution in [-0.2, 0) is 13.1 Å². The molecule has 1 aliphatic rings. The van der Waals surface area contributed by atoms with Crippen LogP contribution in [0.25, 0.3) is 0 Å². The highest BCUT2D eigenvalue weighted by Gasteiger charge is 2.15. The topological polar surface area (TPSA) is 53.3 Å². The van der Waals surface area contributed by atoms with Crippen LogP contribution < -0.4 is 10.2 Å². The molecule has 1 aliphatic heterocycles. The second-order valence-corrected chi connectivity index (χ2v) is 5.40. The minimum atomic E-state index is 0.117. The molecule has 2 N–H and O–H groups in total. The molecule has 5 heteroatoms. The van der Waals surface area contributed by atoms with Crippen LogP contribution in [0.4, 0.5) is 11.4 Å². The summed E-state index contributed by atoms with van der Waals surface area (Å²) >= 11 is 0. The third-order valence-corrected chi connectivity index (χ3v) is 3.85. The van der Waals surface area contributed by atoms with Crippen molar-refractivity contribution in [1.29, 1.82) is 0 Å². The second-order valence-electron chi connectivity index (χ2n) is 5.40. The van der Waals surface area contributed by atoms with Gasteiger partial charge < -0.3 is 15.3 Å². The second kappa shape index (κ2) is 6.63. The normalized spacial score (nSPS) is 14.6. The van der Waals surface area contributed by atoms with E-state index >= 15 is 0 Å². The maximum Gasteiger partial charge on any atom is 0.0640 e. The maximum atomic E-state index is 8.91. The van der Waals surface area contributed by atoms with E-state index in [-0.39, 0.29) is 6.61 Å². The molecule has 2 heterocycles. The molecule has 112 valence electrons. The molecule has 2 aromatic rings. The summed E-state index contributed by atoms with van der Waals surface area (Å²) in [5.41, 5.74) is 3.59. The molecule has 0 atom stereocenters. The van der Waals surface area contributed by atoms with Gasteiger partial charge in [-0.2, -0.15) is 5.10 Å². The average molecular weight is 286 g/mol. The van der Waals surface area contributed by atoms with Crippen LogP contribution in [0.1, 0.15) is 18.4 Å². The first-order valence-electron chi connectivity index (χ1n) is 7.57. The van der Waals surface area contributed by atoms with Crippen molar-refractivity contribution in [2.75, 3.05) is 29.9 Å². The van der Waals surface area contributed by atoms with Crippen molar-refractivity contribution >= 4 is 11.4 Å². The Morgan fingerprint density at radius 3 is 2.81 bits per heavy atom. The Balaban J connectivity index is 1.66. The van der Waals surface area contributed by atoms with E-state index in [1.807, 2.05) is 12.4 Å². The van der Waals surface area contributed by atoms with Gasteiger partial charge in [-0.25, -0.2) is 0 Å². The number of benzene rings is 1. The van der Waals surface area contributed by atoms with Crippen LogP contribution in [-0.4, -0.2) is 34.6 Å². The number of hydrogen-bond acceptors (Lipinski definition) is 4. The highest BCUT2D eigenvalue weighted by Crippen LogP contribution is 2.28. The fraction of sp³-hybridized carbons (Fsp3) is 0.438. The number of para-hydroxylation sites is 2. The van der Waals surface area contributed by atoms with E-state index in [4.69, 9.17) is 5.11 Å². The van der Waals surface area contributed by atoms with E-state index < -0.39 is 0 Å². The molecule has 0 bridgehead atoms. The highest BCUT2D eigenvalue weighted by molar-refractivity contribution is 5.70. The minimum absolute atomic E-state index is 0.117. The summed E-state index contributed by atoms with van der Waals surface area (Å²) in [6.45, 7) is 3.70. The molecular weight excluding hydrogens is 264 g/mol. The molecular formula is C16H22N4O. The first-order chi connectivity index (χ1) is 10.4. The zero-order valence-corrected chi connectivity index (χ0v) is 12.2. The SMILES string of the molecule is OCCn1cc(CNc2ccccc2N2CCCC2)cn1. The van der Waals surface area contributed by atoms with E-state index in [9.17, 15) is 0 Å². The first kappa shape index (κ1) is 13.9. The Hall–Kier alpha value is -2.01. The van der Waals surface area contributed by atoms with Crippen LogP contribution in [0.3, 0.4) is 0 Å². The lowest BCUT2D eigenvalue weighted by Crippen LogP contribution is -2.19. The quantitative estimate of drug-likeness (QED) is 0.854. The van der Waals surface area contributed by atoms with Crippen molar-refractivity contribution in [1.82, 2.24) is 9.78 Å². The zero-order chi connectivity index (χ0) is 14.5. The van der Waals surface area contributed by atoms with Gasteiger partial charge in [0, 0.05) is 31.4 Å². The Morgan fingerprint density at radius 1 is 1.19 bits per heavy atom. The van der Waals surface area contributed by atoms with Gasteiger partial charge in [0.25, 0.3) is 0 Å². The molecule has 0 amide bonds. The fourth-order valence-corrected chi connectivity index (χ4v) is 2.78. The summed E-state index contributed by atoms with van der Waals surface area (Å²) in [5.74, 6) is 0. The summed E-state index contributed by atoms with van der Waals surface area (Å²) < 4.78 is 1.77. The standard InChI is InChI=1S/C16H22N4O/c21-10-9-20-13-14(12-18-20)11-17-15-5-1-2-6-16(15)19-7-3-4-8-19/h1-2,5-6,12-13,17,21H,3-4,7-11H2. The predicted molar refractivity (Wildman–Crippen MR) is 84.5 cm³/mol. The summed E-state index contributed by atoms with van der Waals surface area (Å²) in [6.07, 6.45) is 6.38. The lowest BCUT2D eigenvalue weighted by Gasteiger charge is -2.21. The molecule has 21 heavy (non-hydrogen) atoms. The third kappa shape index (κ3) is 3.36. The molecule has 0 aliphatic carbocycles. The number of aliphatic hydroxyl groups excluding tert-OH is 1. The van der Waals surface area contributed by atoms with Crippen LogP contribution in [0, 0.1) is 0 Å². The van der Waals surface area contributed by atoms with Gasteiger partial charge in [-0.15, -0.1) is 0 Å². The lowest BCUT2D eigenvalue weighted by atomic mass is 10.2. The smallest absolute Gasteiger partial charge is 0.0640 e. The van der Waals surface area contributed by atoms with Gasteiger partial charge in [0.05, 0.1) is 30.7 Å². The largest absolute Gasteiger partial charge is 0.394 e. The van der Waals surface area contributed by atoms with Crippen molar-refractivity contribution in [2.45, 2.75) is 25.9 Å². The Morgan fingerprint density at radius 2 is 2.00 bits per heavy atom. The summed E-state index contributed by atoms with van der Waals surface area (Å²) in [7, 11) is 0. The van der Waals surface area contributed by atoms with Crippen LogP contribution in [0.5, 0.6) is 0 Å². The Bertz CT molecular complexity index is 575. The summed E-state index contributed by atoms with van der Waals surface area (Å²) in [4.78, 5) is 2.44. The van der Waals surface area contributed by atoms with Crippen molar-refractivity contribution in [2.24, 2.45) is 0 Å².